The summed E-state index contributed by atoms with van der Waals surface area (Å²) in [6, 6.07) is 4.01. The molecule has 1 unspecified atom stereocenters. The molecule has 1 aromatic rings. The fourth-order valence-corrected chi connectivity index (χ4v) is 1.75. The summed E-state index contributed by atoms with van der Waals surface area (Å²) in [7, 11) is 1.40. The first-order valence-corrected chi connectivity index (χ1v) is 5.97. The molecular formula is C13H16F3NO3. The Bertz CT molecular complexity index is 443. The smallest absolute Gasteiger partial charge is 0.396 e. The van der Waals surface area contributed by atoms with Gasteiger partial charge in [0.1, 0.15) is 0 Å². The molecule has 0 saturated carbocycles. The maximum absolute atomic E-state index is 12.8. The van der Waals surface area contributed by atoms with Crippen molar-refractivity contribution >= 4 is 5.91 Å². The minimum absolute atomic E-state index is 0.112. The molecule has 0 aliphatic rings. The second kappa shape index (κ2) is 7.25. The molecule has 0 bridgehead atoms. The molecule has 0 heterocycles. The predicted molar refractivity (Wildman–Crippen MR) is 66.3 cm³/mol. The zero-order valence-corrected chi connectivity index (χ0v) is 10.9. The summed E-state index contributed by atoms with van der Waals surface area (Å²) in [4.78, 5) is 11.9. The molecule has 1 atom stereocenters. The van der Waals surface area contributed by atoms with E-state index in [0.29, 0.717) is 0 Å². The Kier molecular flexibility index (Phi) is 5.97. The average Bonchev–Trinajstić information content (AvgIpc) is 2.38. The normalized spacial score (nSPS) is 13.1. The fourth-order valence-electron chi connectivity index (χ4n) is 1.75. The molecule has 2 N–H and O–H groups in total. The van der Waals surface area contributed by atoms with Crippen molar-refractivity contribution in [2.75, 3.05) is 20.3 Å². The van der Waals surface area contributed by atoms with Crippen LogP contribution in [0, 0.1) is 0 Å². The SMILES string of the molecule is COCC(CCO)NC(=O)c1ccccc1C(F)(F)F. The standard InChI is InChI=1S/C13H16F3NO3/c1-20-8-9(6-7-18)17-12(19)10-4-2-3-5-11(10)13(14,15)16/h2-5,9,18H,6-8H2,1H3,(H,17,19). The highest BCUT2D eigenvalue weighted by molar-refractivity contribution is 5.96. The zero-order valence-electron chi connectivity index (χ0n) is 10.9. The molecular weight excluding hydrogens is 275 g/mol. The van der Waals surface area contributed by atoms with Crippen LogP contribution in [-0.2, 0) is 10.9 Å². The zero-order chi connectivity index (χ0) is 15.2. The topological polar surface area (TPSA) is 58.6 Å². The molecule has 112 valence electrons. The summed E-state index contributed by atoms with van der Waals surface area (Å²) in [5.41, 5.74) is -1.43. The van der Waals surface area contributed by atoms with Crippen molar-refractivity contribution in [2.45, 2.75) is 18.6 Å². The number of nitrogens with one attached hydrogen (secondary N) is 1. The van der Waals surface area contributed by atoms with Crippen molar-refractivity contribution in [3.05, 3.63) is 35.4 Å². The highest BCUT2D eigenvalue weighted by atomic mass is 19.4. The van der Waals surface area contributed by atoms with Crippen molar-refractivity contribution in [3.63, 3.8) is 0 Å². The molecule has 1 aromatic carbocycles. The summed E-state index contributed by atoms with van der Waals surface area (Å²) in [6.45, 7) is -0.0876. The van der Waals surface area contributed by atoms with E-state index >= 15 is 0 Å². The molecule has 0 spiro atoms. The summed E-state index contributed by atoms with van der Waals surface area (Å²) in [5.74, 6) is -0.839. The first-order chi connectivity index (χ1) is 9.40. The van der Waals surface area contributed by atoms with Crippen LogP contribution in [0.25, 0.3) is 0 Å². The number of aliphatic hydroxyl groups excluding tert-OH is 1. The molecule has 1 rings (SSSR count). The molecule has 0 aliphatic carbocycles. The molecule has 0 fully saturated rings. The van der Waals surface area contributed by atoms with Crippen LogP contribution in [0.4, 0.5) is 13.2 Å². The van der Waals surface area contributed by atoms with Gasteiger partial charge in [-0.3, -0.25) is 4.79 Å². The molecule has 1 amide bonds. The minimum atomic E-state index is -4.60. The number of rotatable bonds is 6. The van der Waals surface area contributed by atoms with E-state index in [1.54, 1.807) is 0 Å². The second-order valence-electron chi connectivity index (χ2n) is 4.18. The number of benzene rings is 1. The van der Waals surface area contributed by atoms with Gasteiger partial charge in [-0.25, -0.2) is 0 Å². The van der Waals surface area contributed by atoms with Gasteiger partial charge in [-0.15, -0.1) is 0 Å². The van der Waals surface area contributed by atoms with Crippen LogP contribution in [0.15, 0.2) is 24.3 Å². The number of methoxy groups -OCH3 is 1. The first kappa shape index (κ1) is 16.5. The van der Waals surface area contributed by atoms with E-state index in [-0.39, 0.29) is 19.6 Å². The molecule has 0 radical (unpaired) electrons. The van der Waals surface area contributed by atoms with Gasteiger partial charge in [-0.1, -0.05) is 12.1 Å². The van der Waals surface area contributed by atoms with Crippen molar-refractivity contribution < 1.29 is 27.8 Å². The van der Waals surface area contributed by atoms with E-state index in [4.69, 9.17) is 9.84 Å². The minimum Gasteiger partial charge on any atom is -0.396 e. The Hall–Kier alpha value is -1.60. The predicted octanol–water partition coefficient (Wildman–Crippen LogP) is 1.83. The molecule has 0 saturated heterocycles. The van der Waals surface area contributed by atoms with Gasteiger partial charge in [0, 0.05) is 13.7 Å². The lowest BCUT2D eigenvalue weighted by atomic mass is 10.1. The van der Waals surface area contributed by atoms with Crippen LogP contribution in [-0.4, -0.2) is 37.4 Å². The van der Waals surface area contributed by atoms with Crippen LogP contribution in [0.3, 0.4) is 0 Å². The Morgan fingerprint density at radius 3 is 2.60 bits per heavy atom. The van der Waals surface area contributed by atoms with Crippen LogP contribution < -0.4 is 5.32 Å². The van der Waals surface area contributed by atoms with Gasteiger partial charge >= 0.3 is 6.18 Å². The Balaban J connectivity index is 2.92. The number of carbonyl (C=O) groups is 1. The van der Waals surface area contributed by atoms with Crippen LogP contribution in [0.5, 0.6) is 0 Å². The second-order valence-corrected chi connectivity index (χ2v) is 4.18. The first-order valence-electron chi connectivity index (χ1n) is 5.97. The molecule has 0 aliphatic heterocycles. The number of amides is 1. The Morgan fingerprint density at radius 1 is 1.40 bits per heavy atom. The van der Waals surface area contributed by atoms with E-state index in [1.165, 1.54) is 19.2 Å². The Labute approximate surface area is 114 Å². The lowest BCUT2D eigenvalue weighted by molar-refractivity contribution is -0.137. The van der Waals surface area contributed by atoms with Gasteiger partial charge in [0.05, 0.1) is 23.8 Å². The Morgan fingerprint density at radius 2 is 2.05 bits per heavy atom. The summed E-state index contributed by atoms with van der Waals surface area (Å²) in [5, 5.41) is 11.3. The number of hydrogen-bond donors (Lipinski definition) is 2. The van der Waals surface area contributed by atoms with Gasteiger partial charge in [-0.05, 0) is 18.6 Å². The number of hydrogen-bond acceptors (Lipinski definition) is 3. The van der Waals surface area contributed by atoms with Crippen LogP contribution in [0.1, 0.15) is 22.3 Å². The van der Waals surface area contributed by atoms with Gasteiger partial charge in [0.15, 0.2) is 0 Å². The van der Waals surface area contributed by atoms with Crippen molar-refractivity contribution in [3.8, 4) is 0 Å². The maximum atomic E-state index is 12.8. The van der Waals surface area contributed by atoms with Crippen LogP contribution in [0.2, 0.25) is 0 Å². The van der Waals surface area contributed by atoms with E-state index in [2.05, 4.69) is 5.32 Å². The van der Waals surface area contributed by atoms with Gasteiger partial charge in [0.25, 0.3) is 5.91 Å². The summed E-state index contributed by atoms with van der Waals surface area (Å²) < 4.78 is 43.2. The number of carbonyl (C=O) groups excluding carboxylic acids is 1. The fraction of sp³-hybridized carbons (Fsp3) is 0.462. The van der Waals surface area contributed by atoms with E-state index in [1.807, 2.05) is 0 Å². The molecule has 4 nitrogen and oxygen atoms in total. The third-order valence-electron chi connectivity index (χ3n) is 2.66. The number of halogens is 3. The van der Waals surface area contributed by atoms with E-state index in [0.717, 1.165) is 12.1 Å². The summed E-state index contributed by atoms with van der Waals surface area (Å²) >= 11 is 0. The highest BCUT2D eigenvalue weighted by Gasteiger charge is 2.35. The van der Waals surface area contributed by atoms with Crippen LogP contribution >= 0.6 is 0 Å². The summed E-state index contributed by atoms with van der Waals surface area (Å²) in [6.07, 6.45) is -4.39. The largest absolute Gasteiger partial charge is 0.417 e. The average molecular weight is 291 g/mol. The molecule has 7 heteroatoms. The third kappa shape index (κ3) is 4.50. The molecule has 20 heavy (non-hydrogen) atoms. The maximum Gasteiger partial charge on any atom is 0.417 e. The van der Waals surface area contributed by atoms with Crippen molar-refractivity contribution in [1.82, 2.24) is 5.32 Å². The van der Waals surface area contributed by atoms with E-state index < -0.39 is 29.3 Å². The number of ether oxygens (including phenoxy) is 1. The van der Waals surface area contributed by atoms with Gasteiger partial charge in [-0.2, -0.15) is 13.2 Å². The lowest BCUT2D eigenvalue weighted by Crippen LogP contribution is -2.39. The number of aliphatic hydroxyl groups is 1. The third-order valence-corrected chi connectivity index (χ3v) is 2.66. The lowest BCUT2D eigenvalue weighted by Gasteiger charge is -2.18. The van der Waals surface area contributed by atoms with E-state index in [9.17, 15) is 18.0 Å². The highest BCUT2D eigenvalue weighted by Crippen LogP contribution is 2.31. The quantitative estimate of drug-likeness (QED) is 0.840. The monoisotopic (exact) mass is 291 g/mol. The van der Waals surface area contributed by atoms with Gasteiger partial charge in [0.2, 0.25) is 0 Å². The van der Waals surface area contributed by atoms with Crippen molar-refractivity contribution in [1.29, 1.82) is 0 Å². The molecule has 0 aromatic heterocycles. The van der Waals surface area contributed by atoms with Crippen molar-refractivity contribution in [2.24, 2.45) is 0 Å². The number of alkyl halides is 3. The van der Waals surface area contributed by atoms with Gasteiger partial charge < -0.3 is 15.2 Å².